The molecule has 0 aromatic heterocycles. The van der Waals surface area contributed by atoms with Crippen molar-refractivity contribution in [3.8, 4) is 17.2 Å². The van der Waals surface area contributed by atoms with Gasteiger partial charge in [0.2, 0.25) is 0 Å². The molecule has 0 atom stereocenters. The fraction of sp³-hybridized carbons (Fsp3) is 0.316. The van der Waals surface area contributed by atoms with Crippen LogP contribution in [0.4, 0.5) is 13.2 Å². The van der Waals surface area contributed by atoms with Gasteiger partial charge in [-0.05, 0) is 35.9 Å². The predicted molar refractivity (Wildman–Crippen MR) is 115 cm³/mol. The van der Waals surface area contributed by atoms with Crippen LogP contribution in [0, 0.1) is 0 Å². The van der Waals surface area contributed by atoms with Gasteiger partial charge in [-0.3, -0.25) is 0 Å². The smallest absolute Gasteiger partial charge is 0.416 e. The van der Waals surface area contributed by atoms with Crippen molar-refractivity contribution in [3.63, 3.8) is 0 Å². The minimum Gasteiger partial charge on any atom is -0.493 e. The number of nitrogens with one attached hydrogen (secondary N) is 1. The van der Waals surface area contributed by atoms with Crippen molar-refractivity contribution in [2.75, 3.05) is 27.4 Å². The van der Waals surface area contributed by atoms with Crippen molar-refractivity contribution in [2.45, 2.75) is 12.7 Å². The van der Waals surface area contributed by atoms with Crippen molar-refractivity contribution < 1.29 is 27.4 Å². The van der Waals surface area contributed by atoms with Crippen molar-refractivity contribution >= 4 is 29.9 Å². The van der Waals surface area contributed by atoms with Crippen molar-refractivity contribution in [1.29, 1.82) is 0 Å². The Morgan fingerprint density at radius 1 is 1.07 bits per heavy atom. The SMILES string of the molecule is COc1ccc(CN=C(N)NCCOc2cccc(C(F)(F)F)c2)cc1OC.I. The van der Waals surface area contributed by atoms with Gasteiger partial charge in [0.25, 0.3) is 0 Å². The first-order valence-electron chi connectivity index (χ1n) is 8.38. The molecule has 0 fully saturated rings. The van der Waals surface area contributed by atoms with Crippen LogP contribution >= 0.6 is 24.0 Å². The number of halogens is 4. The summed E-state index contributed by atoms with van der Waals surface area (Å²) in [5.41, 5.74) is 5.91. The second-order valence-electron chi connectivity index (χ2n) is 5.69. The highest BCUT2D eigenvalue weighted by molar-refractivity contribution is 14.0. The third-order valence-electron chi connectivity index (χ3n) is 3.72. The zero-order valence-corrected chi connectivity index (χ0v) is 18.3. The molecule has 29 heavy (non-hydrogen) atoms. The molecule has 0 heterocycles. The molecule has 3 N–H and O–H groups in total. The first-order chi connectivity index (χ1) is 13.3. The van der Waals surface area contributed by atoms with E-state index in [1.807, 2.05) is 6.07 Å². The van der Waals surface area contributed by atoms with Gasteiger partial charge in [0.1, 0.15) is 12.4 Å². The summed E-state index contributed by atoms with van der Waals surface area (Å²) in [6, 6.07) is 10.1. The molecule has 0 bridgehead atoms. The number of nitrogens with two attached hydrogens (primary N) is 1. The van der Waals surface area contributed by atoms with Gasteiger partial charge in [-0.1, -0.05) is 12.1 Å². The molecule has 6 nitrogen and oxygen atoms in total. The van der Waals surface area contributed by atoms with E-state index in [2.05, 4.69) is 10.3 Å². The van der Waals surface area contributed by atoms with Gasteiger partial charge in [0.05, 0.1) is 32.9 Å². The fourth-order valence-electron chi connectivity index (χ4n) is 2.32. The topological polar surface area (TPSA) is 78.1 Å². The molecule has 160 valence electrons. The number of hydrogen-bond donors (Lipinski definition) is 2. The molecule has 2 rings (SSSR count). The summed E-state index contributed by atoms with van der Waals surface area (Å²) >= 11 is 0. The average molecular weight is 525 g/mol. The molecule has 0 aliphatic rings. The summed E-state index contributed by atoms with van der Waals surface area (Å²) in [6.45, 7) is 0.749. The van der Waals surface area contributed by atoms with Gasteiger partial charge in [-0.15, -0.1) is 24.0 Å². The zero-order chi connectivity index (χ0) is 20.6. The second-order valence-corrected chi connectivity index (χ2v) is 5.69. The Kier molecular flexibility index (Phi) is 9.86. The second kappa shape index (κ2) is 11.6. The standard InChI is InChI=1S/C19H22F3N3O3.HI/c1-26-16-7-6-13(10-17(16)27-2)12-25-18(23)24-8-9-28-15-5-3-4-14(11-15)19(20,21)22;/h3-7,10-11H,8-9,12H2,1-2H3,(H3,23,24,25);1H. The Hall–Kier alpha value is -2.37. The Labute approximate surface area is 184 Å². The number of guanidine groups is 1. The van der Waals surface area contributed by atoms with E-state index >= 15 is 0 Å². The molecular weight excluding hydrogens is 502 g/mol. The molecule has 0 saturated carbocycles. The minimum absolute atomic E-state index is 0. The number of methoxy groups -OCH3 is 2. The molecule has 0 saturated heterocycles. The molecule has 10 heteroatoms. The molecule has 0 unspecified atom stereocenters. The summed E-state index contributed by atoms with van der Waals surface area (Å²) in [7, 11) is 3.10. The number of alkyl halides is 3. The van der Waals surface area contributed by atoms with Gasteiger partial charge in [0, 0.05) is 0 Å². The molecule has 2 aromatic rings. The molecule has 0 aliphatic carbocycles. The lowest BCUT2D eigenvalue weighted by atomic mass is 10.2. The lowest BCUT2D eigenvalue weighted by Gasteiger charge is -2.11. The molecule has 0 radical (unpaired) electrons. The summed E-state index contributed by atoms with van der Waals surface area (Å²) in [5, 5.41) is 2.84. The summed E-state index contributed by atoms with van der Waals surface area (Å²) in [5.74, 6) is 1.55. The van der Waals surface area contributed by atoms with Crippen LogP contribution in [0.3, 0.4) is 0 Å². The van der Waals surface area contributed by atoms with E-state index in [4.69, 9.17) is 19.9 Å². The molecule has 2 aromatic carbocycles. The van der Waals surface area contributed by atoms with Crippen molar-refractivity contribution in [3.05, 3.63) is 53.6 Å². The van der Waals surface area contributed by atoms with Crippen LogP contribution in [-0.4, -0.2) is 33.3 Å². The third kappa shape index (κ3) is 7.87. The Morgan fingerprint density at radius 3 is 2.45 bits per heavy atom. The van der Waals surface area contributed by atoms with Crippen LogP contribution in [0.2, 0.25) is 0 Å². The van der Waals surface area contributed by atoms with E-state index in [-0.39, 0.29) is 48.8 Å². The summed E-state index contributed by atoms with van der Waals surface area (Å²) in [4.78, 5) is 4.20. The van der Waals surface area contributed by atoms with Crippen LogP contribution in [0.1, 0.15) is 11.1 Å². The van der Waals surface area contributed by atoms with Crippen LogP contribution in [0.25, 0.3) is 0 Å². The lowest BCUT2D eigenvalue weighted by molar-refractivity contribution is -0.137. The first kappa shape index (κ1) is 24.7. The average Bonchev–Trinajstić information content (AvgIpc) is 2.69. The normalized spacial score (nSPS) is 11.4. The van der Waals surface area contributed by atoms with E-state index in [0.717, 1.165) is 17.7 Å². The van der Waals surface area contributed by atoms with Crippen molar-refractivity contribution in [1.82, 2.24) is 5.32 Å². The quantitative estimate of drug-likeness (QED) is 0.237. The Morgan fingerprint density at radius 2 is 1.79 bits per heavy atom. The monoisotopic (exact) mass is 525 g/mol. The first-order valence-corrected chi connectivity index (χ1v) is 8.38. The van der Waals surface area contributed by atoms with E-state index in [9.17, 15) is 13.2 Å². The van der Waals surface area contributed by atoms with E-state index in [0.29, 0.717) is 18.0 Å². The highest BCUT2D eigenvalue weighted by atomic mass is 127. The number of hydrogen-bond acceptors (Lipinski definition) is 4. The fourth-order valence-corrected chi connectivity index (χ4v) is 2.32. The number of nitrogens with zero attached hydrogens (tertiary/aromatic N) is 1. The number of benzene rings is 2. The zero-order valence-electron chi connectivity index (χ0n) is 16.0. The van der Waals surface area contributed by atoms with Gasteiger partial charge in [-0.2, -0.15) is 13.2 Å². The number of aliphatic imine (C=N–C) groups is 1. The van der Waals surface area contributed by atoms with Gasteiger partial charge < -0.3 is 25.3 Å². The maximum Gasteiger partial charge on any atom is 0.416 e. The summed E-state index contributed by atoms with van der Waals surface area (Å²) < 4.78 is 53.7. The van der Waals surface area contributed by atoms with Crippen LogP contribution in [-0.2, 0) is 12.7 Å². The van der Waals surface area contributed by atoms with Crippen LogP contribution < -0.4 is 25.3 Å². The molecule has 0 spiro atoms. The number of rotatable bonds is 8. The minimum atomic E-state index is -4.40. The van der Waals surface area contributed by atoms with Crippen LogP contribution in [0.15, 0.2) is 47.5 Å². The maximum absolute atomic E-state index is 12.7. The molecule has 0 aliphatic heterocycles. The summed E-state index contributed by atoms with van der Waals surface area (Å²) in [6.07, 6.45) is -4.40. The Bertz CT molecular complexity index is 817. The van der Waals surface area contributed by atoms with E-state index in [1.165, 1.54) is 12.1 Å². The predicted octanol–water partition coefficient (Wildman–Crippen LogP) is 3.82. The largest absolute Gasteiger partial charge is 0.493 e. The van der Waals surface area contributed by atoms with Gasteiger partial charge in [0.15, 0.2) is 17.5 Å². The highest BCUT2D eigenvalue weighted by Gasteiger charge is 2.30. The molecular formula is C19H23F3IN3O3. The van der Waals surface area contributed by atoms with Gasteiger partial charge in [-0.25, -0.2) is 4.99 Å². The van der Waals surface area contributed by atoms with Crippen LogP contribution in [0.5, 0.6) is 17.2 Å². The molecule has 0 amide bonds. The third-order valence-corrected chi connectivity index (χ3v) is 3.72. The maximum atomic E-state index is 12.7. The van der Waals surface area contributed by atoms with Gasteiger partial charge >= 0.3 is 6.18 Å². The van der Waals surface area contributed by atoms with E-state index in [1.54, 1.807) is 26.4 Å². The number of ether oxygens (including phenoxy) is 3. The highest BCUT2D eigenvalue weighted by Crippen LogP contribution is 2.31. The van der Waals surface area contributed by atoms with Crippen molar-refractivity contribution in [2.24, 2.45) is 10.7 Å². The lowest BCUT2D eigenvalue weighted by Crippen LogP contribution is -2.34. The Balaban J connectivity index is 0.00000420. The van der Waals surface area contributed by atoms with E-state index < -0.39 is 11.7 Å².